The summed E-state index contributed by atoms with van der Waals surface area (Å²) >= 11 is 0. The Morgan fingerprint density at radius 3 is 2.52 bits per heavy atom. The average molecular weight is 295 g/mol. The molecule has 2 fully saturated rings. The molecule has 2 aliphatic rings. The lowest BCUT2D eigenvalue weighted by Crippen LogP contribution is -2.62. The molecule has 2 aliphatic heterocycles. The number of amides is 1. The van der Waals surface area contributed by atoms with Gasteiger partial charge in [-0.05, 0) is 45.7 Å². The van der Waals surface area contributed by atoms with Crippen LogP contribution in [0.3, 0.4) is 0 Å². The largest absolute Gasteiger partial charge is 0.339 e. The summed E-state index contributed by atoms with van der Waals surface area (Å²) in [6.07, 6.45) is 2.64. The molecule has 122 valence electrons. The summed E-state index contributed by atoms with van der Waals surface area (Å²) < 4.78 is 0. The van der Waals surface area contributed by atoms with Gasteiger partial charge in [0.2, 0.25) is 5.91 Å². The highest BCUT2D eigenvalue weighted by atomic mass is 16.2. The van der Waals surface area contributed by atoms with Crippen molar-refractivity contribution in [3.63, 3.8) is 0 Å². The molecule has 4 nitrogen and oxygen atoms in total. The Bertz CT molecular complexity index is 367. The Balaban J connectivity index is 1.94. The van der Waals surface area contributed by atoms with Crippen LogP contribution in [-0.4, -0.2) is 60.5 Å². The lowest BCUT2D eigenvalue weighted by Gasteiger charge is -2.49. The molecule has 0 radical (unpaired) electrons. The molecule has 2 rings (SSSR count). The van der Waals surface area contributed by atoms with Crippen LogP contribution in [0.25, 0.3) is 0 Å². The molecule has 0 bridgehead atoms. The van der Waals surface area contributed by atoms with Gasteiger partial charge in [0.1, 0.15) is 0 Å². The number of carbonyl (C=O) groups excluding carboxylic acids is 1. The number of nitrogens with zero attached hydrogens (tertiary/aromatic N) is 2. The molecule has 1 unspecified atom stereocenters. The van der Waals surface area contributed by atoms with Crippen LogP contribution >= 0.6 is 0 Å². The van der Waals surface area contributed by atoms with Crippen LogP contribution in [0.15, 0.2) is 0 Å². The van der Waals surface area contributed by atoms with Gasteiger partial charge in [-0.3, -0.25) is 9.69 Å². The van der Waals surface area contributed by atoms with Crippen LogP contribution in [-0.2, 0) is 4.79 Å². The number of hydrogen-bond acceptors (Lipinski definition) is 3. The number of piperidine rings is 1. The third-order valence-electron chi connectivity index (χ3n) is 4.88. The Morgan fingerprint density at radius 2 is 2.00 bits per heavy atom. The molecule has 21 heavy (non-hydrogen) atoms. The first kappa shape index (κ1) is 16.8. The Hall–Kier alpha value is -0.610. The number of carbonyl (C=O) groups is 1. The van der Waals surface area contributed by atoms with E-state index in [9.17, 15) is 4.79 Å². The van der Waals surface area contributed by atoms with Crippen molar-refractivity contribution in [1.82, 2.24) is 15.1 Å². The van der Waals surface area contributed by atoms with Crippen LogP contribution in [0.2, 0.25) is 0 Å². The second-order valence-corrected chi connectivity index (χ2v) is 8.45. The quantitative estimate of drug-likeness (QED) is 0.846. The van der Waals surface area contributed by atoms with Gasteiger partial charge in [0.15, 0.2) is 0 Å². The van der Waals surface area contributed by atoms with Crippen LogP contribution < -0.4 is 5.32 Å². The monoisotopic (exact) mass is 295 g/mol. The van der Waals surface area contributed by atoms with Gasteiger partial charge in [-0.25, -0.2) is 0 Å². The van der Waals surface area contributed by atoms with Crippen LogP contribution in [0.5, 0.6) is 0 Å². The van der Waals surface area contributed by atoms with Crippen molar-refractivity contribution in [2.75, 3.05) is 39.3 Å². The fourth-order valence-corrected chi connectivity index (χ4v) is 3.57. The summed E-state index contributed by atoms with van der Waals surface area (Å²) in [4.78, 5) is 17.2. The topological polar surface area (TPSA) is 35.6 Å². The van der Waals surface area contributed by atoms with Gasteiger partial charge in [0, 0.05) is 37.1 Å². The molecule has 1 amide bonds. The Labute approximate surface area is 130 Å². The van der Waals surface area contributed by atoms with Crippen LogP contribution in [0, 0.1) is 11.3 Å². The van der Waals surface area contributed by atoms with E-state index in [4.69, 9.17) is 0 Å². The maximum atomic E-state index is 12.5. The third kappa shape index (κ3) is 4.19. The normalized spacial score (nSPS) is 27.7. The van der Waals surface area contributed by atoms with Crippen molar-refractivity contribution < 1.29 is 4.79 Å². The van der Waals surface area contributed by atoms with Crippen molar-refractivity contribution in [1.29, 1.82) is 0 Å². The second-order valence-electron chi connectivity index (χ2n) is 8.45. The predicted octanol–water partition coefficient (Wildman–Crippen LogP) is 1.95. The summed E-state index contributed by atoms with van der Waals surface area (Å²) in [5, 5.41) is 3.51. The zero-order valence-corrected chi connectivity index (χ0v) is 14.5. The highest BCUT2D eigenvalue weighted by molar-refractivity contribution is 5.81. The predicted molar refractivity (Wildman–Crippen MR) is 87.3 cm³/mol. The van der Waals surface area contributed by atoms with E-state index in [0.717, 1.165) is 38.6 Å². The molecule has 1 atom stereocenters. The molecule has 2 heterocycles. The fourth-order valence-electron chi connectivity index (χ4n) is 3.57. The maximum Gasteiger partial charge on any atom is 0.228 e. The first-order valence-electron chi connectivity index (χ1n) is 8.45. The van der Waals surface area contributed by atoms with E-state index < -0.39 is 0 Å². The minimum absolute atomic E-state index is 0.0800. The number of piperazine rings is 1. The van der Waals surface area contributed by atoms with Crippen LogP contribution in [0.4, 0.5) is 0 Å². The van der Waals surface area contributed by atoms with Crippen molar-refractivity contribution >= 4 is 5.91 Å². The summed E-state index contributed by atoms with van der Waals surface area (Å²) in [7, 11) is 0. The van der Waals surface area contributed by atoms with Gasteiger partial charge >= 0.3 is 0 Å². The summed E-state index contributed by atoms with van der Waals surface area (Å²) in [5.41, 5.74) is -0.192. The van der Waals surface area contributed by atoms with Gasteiger partial charge in [0.05, 0.1) is 0 Å². The van der Waals surface area contributed by atoms with E-state index in [1.54, 1.807) is 0 Å². The second kappa shape index (κ2) is 6.25. The standard InChI is InChI=1S/C17H33N3O/c1-16(2,3)15(21)19-9-10-20(17(4,5)13-19)12-14-7-6-8-18-11-14/h14,18H,6-13H2,1-5H3. The maximum absolute atomic E-state index is 12.5. The third-order valence-corrected chi connectivity index (χ3v) is 4.88. The minimum atomic E-state index is -0.272. The van der Waals surface area contributed by atoms with Gasteiger partial charge in [-0.1, -0.05) is 20.8 Å². The summed E-state index contributed by atoms with van der Waals surface area (Å²) in [6.45, 7) is 16.8. The van der Waals surface area contributed by atoms with Crippen LogP contribution in [0.1, 0.15) is 47.5 Å². The smallest absolute Gasteiger partial charge is 0.228 e. The minimum Gasteiger partial charge on any atom is -0.339 e. The first-order valence-corrected chi connectivity index (χ1v) is 8.45. The Morgan fingerprint density at radius 1 is 1.29 bits per heavy atom. The van der Waals surface area contributed by atoms with Crippen molar-refractivity contribution in [3.8, 4) is 0 Å². The molecule has 0 aromatic carbocycles. The molecule has 0 saturated carbocycles. The van der Waals surface area contributed by atoms with E-state index in [1.807, 2.05) is 20.8 Å². The van der Waals surface area contributed by atoms with Crippen molar-refractivity contribution in [2.24, 2.45) is 11.3 Å². The van der Waals surface area contributed by atoms with E-state index in [-0.39, 0.29) is 16.9 Å². The van der Waals surface area contributed by atoms with E-state index in [2.05, 4.69) is 29.0 Å². The van der Waals surface area contributed by atoms with Crippen molar-refractivity contribution in [2.45, 2.75) is 53.0 Å². The highest BCUT2D eigenvalue weighted by Crippen LogP contribution is 2.27. The van der Waals surface area contributed by atoms with E-state index in [1.165, 1.54) is 19.4 Å². The van der Waals surface area contributed by atoms with Crippen molar-refractivity contribution in [3.05, 3.63) is 0 Å². The number of hydrogen-bond donors (Lipinski definition) is 1. The highest BCUT2D eigenvalue weighted by Gasteiger charge is 2.39. The molecule has 0 aliphatic carbocycles. The molecule has 0 aromatic rings. The van der Waals surface area contributed by atoms with Gasteiger partial charge < -0.3 is 10.2 Å². The molecule has 4 heteroatoms. The molecule has 2 saturated heterocycles. The SMILES string of the molecule is CC(C)(C)C(=O)N1CCN(CC2CCCNC2)C(C)(C)C1. The Kier molecular flexibility index (Phi) is 4.99. The molecule has 0 spiro atoms. The lowest BCUT2D eigenvalue weighted by atomic mass is 9.90. The molecular formula is C17H33N3O. The zero-order valence-electron chi connectivity index (χ0n) is 14.5. The van der Waals surface area contributed by atoms with E-state index in [0.29, 0.717) is 0 Å². The summed E-state index contributed by atoms with van der Waals surface area (Å²) in [6, 6.07) is 0. The number of rotatable bonds is 2. The average Bonchev–Trinajstić information content (AvgIpc) is 2.40. The first-order chi connectivity index (χ1) is 9.70. The molecule has 0 aromatic heterocycles. The molecule has 1 N–H and O–H groups in total. The van der Waals surface area contributed by atoms with Gasteiger partial charge in [-0.15, -0.1) is 0 Å². The van der Waals surface area contributed by atoms with Gasteiger partial charge in [-0.2, -0.15) is 0 Å². The number of nitrogens with one attached hydrogen (secondary N) is 1. The zero-order chi connectivity index (χ0) is 15.7. The lowest BCUT2D eigenvalue weighted by molar-refractivity contribution is -0.144. The molecular weight excluding hydrogens is 262 g/mol. The van der Waals surface area contributed by atoms with E-state index >= 15 is 0 Å². The fraction of sp³-hybridized carbons (Fsp3) is 0.941. The van der Waals surface area contributed by atoms with Gasteiger partial charge in [0.25, 0.3) is 0 Å². The summed E-state index contributed by atoms with van der Waals surface area (Å²) in [5.74, 6) is 1.05.